The number of carbonyl (C=O) groups excluding carboxylic acids is 1. The summed E-state index contributed by atoms with van der Waals surface area (Å²) < 4.78 is 0. The molecule has 0 bridgehead atoms. The van der Waals surface area contributed by atoms with Crippen LogP contribution in [0.1, 0.15) is 19.3 Å². The van der Waals surface area contributed by atoms with Gasteiger partial charge in [-0.3, -0.25) is 4.79 Å². The topological polar surface area (TPSA) is 35.6 Å². The first-order chi connectivity index (χ1) is 7.77. The minimum atomic E-state index is 0.226. The van der Waals surface area contributed by atoms with Crippen molar-refractivity contribution in [1.29, 1.82) is 0 Å². The lowest BCUT2D eigenvalue weighted by Gasteiger charge is -2.23. The van der Waals surface area contributed by atoms with Crippen LogP contribution in [0.4, 0.5) is 0 Å². The lowest BCUT2D eigenvalue weighted by molar-refractivity contribution is -0.133. The SMILES string of the molecule is CN(CCN1CCCC1)C(=O)C1CCNC1. The van der Waals surface area contributed by atoms with E-state index in [1.807, 2.05) is 11.9 Å². The standard InChI is InChI=1S/C12H23N3O/c1-14(8-9-15-6-2-3-7-15)12(16)11-4-5-13-10-11/h11,13H,2-10H2,1H3. The number of likely N-dealkylation sites (N-methyl/N-ethyl adjacent to an activating group) is 1. The summed E-state index contributed by atoms with van der Waals surface area (Å²) in [5.41, 5.74) is 0. The normalized spacial score (nSPS) is 26.2. The summed E-state index contributed by atoms with van der Waals surface area (Å²) in [4.78, 5) is 16.4. The highest BCUT2D eigenvalue weighted by Crippen LogP contribution is 2.11. The smallest absolute Gasteiger partial charge is 0.226 e. The van der Waals surface area contributed by atoms with Gasteiger partial charge < -0.3 is 15.1 Å². The Morgan fingerprint density at radius 3 is 2.81 bits per heavy atom. The molecule has 16 heavy (non-hydrogen) atoms. The third-order valence-corrected chi connectivity index (χ3v) is 3.74. The van der Waals surface area contributed by atoms with Crippen LogP contribution in [0.15, 0.2) is 0 Å². The van der Waals surface area contributed by atoms with E-state index < -0.39 is 0 Å². The Hall–Kier alpha value is -0.610. The summed E-state index contributed by atoms with van der Waals surface area (Å²) in [6.45, 7) is 6.22. The van der Waals surface area contributed by atoms with Gasteiger partial charge in [-0.2, -0.15) is 0 Å². The van der Waals surface area contributed by atoms with Crippen molar-refractivity contribution >= 4 is 5.91 Å². The molecular weight excluding hydrogens is 202 g/mol. The molecule has 2 saturated heterocycles. The number of nitrogens with zero attached hydrogens (tertiary/aromatic N) is 2. The van der Waals surface area contributed by atoms with Crippen molar-refractivity contribution in [2.45, 2.75) is 19.3 Å². The number of hydrogen-bond donors (Lipinski definition) is 1. The predicted molar refractivity (Wildman–Crippen MR) is 64.3 cm³/mol. The molecule has 0 spiro atoms. The second kappa shape index (κ2) is 5.64. The molecule has 1 atom stereocenters. The van der Waals surface area contributed by atoms with Crippen LogP contribution in [0.5, 0.6) is 0 Å². The molecule has 1 unspecified atom stereocenters. The average molecular weight is 225 g/mol. The van der Waals surface area contributed by atoms with E-state index in [-0.39, 0.29) is 5.92 Å². The van der Waals surface area contributed by atoms with Gasteiger partial charge in [0.05, 0.1) is 5.92 Å². The van der Waals surface area contributed by atoms with Crippen molar-refractivity contribution in [2.75, 3.05) is 46.3 Å². The largest absolute Gasteiger partial charge is 0.344 e. The van der Waals surface area contributed by atoms with Gasteiger partial charge in [-0.25, -0.2) is 0 Å². The van der Waals surface area contributed by atoms with Gasteiger partial charge in [0.25, 0.3) is 0 Å². The molecule has 0 aromatic heterocycles. The number of rotatable bonds is 4. The first-order valence-electron chi connectivity index (χ1n) is 6.45. The van der Waals surface area contributed by atoms with Crippen LogP contribution >= 0.6 is 0 Å². The highest BCUT2D eigenvalue weighted by Gasteiger charge is 2.25. The first kappa shape index (κ1) is 11.9. The van der Waals surface area contributed by atoms with Crippen molar-refractivity contribution in [3.63, 3.8) is 0 Å². The first-order valence-corrected chi connectivity index (χ1v) is 6.45. The number of likely N-dealkylation sites (tertiary alicyclic amines) is 1. The second-order valence-electron chi connectivity index (χ2n) is 5.00. The Balaban J connectivity index is 1.69. The van der Waals surface area contributed by atoms with Crippen LogP contribution in [-0.2, 0) is 4.79 Å². The molecule has 2 fully saturated rings. The monoisotopic (exact) mass is 225 g/mol. The van der Waals surface area contributed by atoms with Gasteiger partial charge in [0.1, 0.15) is 0 Å². The van der Waals surface area contributed by atoms with Gasteiger partial charge in [-0.15, -0.1) is 0 Å². The summed E-state index contributed by atoms with van der Waals surface area (Å²) in [5, 5.41) is 3.25. The minimum absolute atomic E-state index is 0.226. The number of hydrogen-bond acceptors (Lipinski definition) is 3. The van der Waals surface area contributed by atoms with Crippen LogP contribution in [0.3, 0.4) is 0 Å². The Morgan fingerprint density at radius 2 is 2.19 bits per heavy atom. The fraction of sp³-hybridized carbons (Fsp3) is 0.917. The highest BCUT2D eigenvalue weighted by atomic mass is 16.2. The summed E-state index contributed by atoms with van der Waals surface area (Å²) in [6, 6.07) is 0. The third kappa shape index (κ3) is 2.95. The van der Waals surface area contributed by atoms with Crippen molar-refractivity contribution in [1.82, 2.24) is 15.1 Å². The Morgan fingerprint density at radius 1 is 1.44 bits per heavy atom. The molecule has 0 radical (unpaired) electrons. The fourth-order valence-corrected chi connectivity index (χ4v) is 2.58. The van der Waals surface area contributed by atoms with Gasteiger partial charge in [0.2, 0.25) is 5.91 Å². The van der Waals surface area contributed by atoms with E-state index in [4.69, 9.17) is 0 Å². The molecule has 1 N–H and O–H groups in total. The molecule has 0 aliphatic carbocycles. The summed E-state index contributed by atoms with van der Waals surface area (Å²) >= 11 is 0. The van der Waals surface area contributed by atoms with Gasteiger partial charge >= 0.3 is 0 Å². The Bertz CT molecular complexity index is 232. The van der Waals surface area contributed by atoms with Gasteiger partial charge in [-0.1, -0.05) is 0 Å². The van der Waals surface area contributed by atoms with Crippen LogP contribution in [0.2, 0.25) is 0 Å². The Labute approximate surface area is 98.0 Å². The Kier molecular flexibility index (Phi) is 4.18. The summed E-state index contributed by atoms with van der Waals surface area (Å²) in [5.74, 6) is 0.549. The second-order valence-corrected chi connectivity index (χ2v) is 5.00. The molecule has 2 aliphatic heterocycles. The zero-order chi connectivity index (χ0) is 11.4. The van der Waals surface area contributed by atoms with Gasteiger partial charge in [-0.05, 0) is 38.9 Å². The molecule has 1 amide bonds. The molecule has 0 saturated carbocycles. The van der Waals surface area contributed by atoms with Gasteiger partial charge in [0, 0.05) is 26.7 Å². The maximum absolute atomic E-state index is 12.0. The van der Waals surface area contributed by atoms with Crippen molar-refractivity contribution in [3.05, 3.63) is 0 Å². The zero-order valence-corrected chi connectivity index (χ0v) is 10.2. The van der Waals surface area contributed by atoms with E-state index in [1.165, 1.54) is 25.9 Å². The number of nitrogens with one attached hydrogen (secondary N) is 1. The summed E-state index contributed by atoms with van der Waals surface area (Å²) in [7, 11) is 1.94. The van der Waals surface area contributed by atoms with Crippen molar-refractivity contribution < 1.29 is 4.79 Å². The number of amides is 1. The van der Waals surface area contributed by atoms with Crippen molar-refractivity contribution in [3.8, 4) is 0 Å². The van der Waals surface area contributed by atoms with Crippen LogP contribution < -0.4 is 5.32 Å². The maximum Gasteiger partial charge on any atom is 0.226 e. The summed E-state index contributed by atoms with van der Waals surface area (Å²) in [6.07, 6.45) is 3.65. The van der Waals surface area contributed by atoms with Crippen molar-refractivity contribution in [2.24, 2.45) is 5.92 Å². The molecular formula is C12H23N3O. The molecule has 92 valence electrons. The molecule has 2 heterocycles. The van der Waals surface area contributed by atoms with E-state index in [0.29, 0.717) is 5.91 Å². The molecule has 0 aromatic rings. The van der Waals surface area contributed by atoms with E-state index in [0.717, 1.165) is 32.6 Å². The van der Waals surface area contributed by atoms with E-state index in [1.54, 1.807) is 0 Å². The van der Waals surface area contributed by atoms with E-state index >= 15 is 0 Å². The van der Waals surface area contributed by atoms with Crippen LogP contribution in [0, 0.1) is 5.92 Å². The quantitative estimate of drug-likeness (QED) is 0.740. The van der Waals surface area contributed by atoms with Gasteiger partial charge in [0.15, 0.2) is 0 Å². The highest BCUT2D eigenvalue weighted by molar-refractivity contribution is 5.79. The van der Waals surface area contributed by atoms with Crippen LogP contribution in [-0.4, -0.2) is 62.0 Å². The predicted octanol–water partition coefficient (Wildman–Crippen LogP) is 0.150. The third-order valence-electron chi connectivity index (χ3n) is 3.74. The average Bonchev–Trinajstić information content (AvgIpc) is 2.96. The van der Waals surface area contributed by atoms with E-state index in [2.05, 4.69) is 10.2 Å². The number of carbonyl (C=O) groups is 1. The maximum atomic E-state index is 12.0. The fourth-order valence-electron chi connectivity index (χ4n) is 2.58. The molecule has 4 heteroatoms. The minimum Gasteiger partial charge on any atom is -0.344 e. The zero-order valence-electron chi connectivity index (χ0n) is 10.2. The molecule has 0 aromatic carbocycles. The van der Waals surface area contributed by atoms with Crippen LogP contribution in [0.25, 0.3) is 0 Å². The molecule has 2 aliphatic rings. The molecule has 2 rings (SSSR count). The van der Waals surface area contributed by atoms with E-state index in [9.17, 15) is 4.79 Å². The molecule has 4 nitrogen and oxygen atoms in total. The lowest BCUT2D eigenvalue weighted by atomic mass is 10.1. The lowest BCUT2D eigenvalue weighted by Crippen LogP contribution is -2.39.